The van der Waals surface area contributed by atoms with E-state index in [1.165, 1.54) is 0 Å². The molecule has 0 radical (unpaired) electrons. The maximum Gasteiger partial charge on any atom is 0.412 e. The predicted octanol–water partition coefficient (Wildman–Crippen LogP) is 4.45. The van der Waals surface area contributed by atoms with Crippen molar-refractivity contribution in [2.75, 3.05) is 5.32 Å². The highest BCUT2D eigenvalue weighted by Gasteiger charge is 2.18. The number of Topliss-reactive ketones (excluding diaryl/α,β-unsaturated/α-hetero) is 1. The SMILES string of the molecule is CC(C)C(=O)Cc1cc(Cl)ccc1NC(=O)OC(C)(C)C. The highest BCUT2D eigenvalue weighted by Crippen LogP contribution is 2.23. The Morgan fingerprint density at radius 2 is 1.90 bits per heavy atom. The molecule has 1 rings (SSSR count). The molecule has 0 bridgehead atoms. The molecule has 0 fully saturated rings. The number of nitrogens with one attached hydrogen (secondary N) is 1. The first kappa shape index (κ1) is 17.5. The van der Waals surface area contributed by atoms with Crippen molar-refractivity contribution in [1.82, 2.24) is 0 Å². The standard InChI is InChI=1S/C16H22ClNO3/c1-10(2)14(19)9-11-8-12(17)6-7-13(11)18-15(20)21-16(3,4)5/h6-8,10H,9H2,1-5H3,(H,18,20). The highest BCUT2D eigenvalue weighted by molar-refractivity contribution is 6.30. The first-order valence-electron chi connectivity index (χ1n) is 6.89. The van der Waals surface area contributed by atoms with Gasteiger partial charge in [-0.25, -0.2) is 4.79 Å². The van der Waals surface area contributed by atoms with Crippen LogP contribution in [-0.4, -0.2) is 17.5 Å². The van der Waals surface area contributed by atoms with Gasteiger partial charge in [-0.15, -0.1) is 0 Å². The normalized spacial score (nSPS) is 11.4. The Hall–Kier alpha value is -1.55. The lowest BCUT2D eigenvalue weighted by Crippen LogP contribution is -2.27. The Balaban J connectivity index is 2.91. The maximum absolute atomic E-state index is 11.9. The second kappa shape index (κ2) is 6.94. The Morgan fingerprint density at radius 1 is 1.29 bits per heavy atom. The van der Waals surface area contributed by atoms with Crippen molar-refractivity contribution in [3.8, 4) is 0 Å². The summed E-state index contributed by atoms with van der Waals surface area (Å²) in [5, 5.41) is 3.19. The zero-order chi connectivity index (χ0) is 16.2. The molecule has 0 saturated carbocycles. The van der Waals surface area contributed by atoms with Crippen LogP contribution in [-0.2, 0) is 16.0 Å². The predicted molar refractivity (Wildman–Crippen MR) is 84.9 cm³/mol. The number of amides is 1. The average molecular weight is 312 g/mol. The van der Waals surface area contributed by atoms with E-state index in [0.717, 1.165) is 0 Å². The van der Waals surface area contributed by atoms with E-state index in [1.54, 1.807) is 39.0 Å². The van der Waals surface area contributed by atoms with Crippen molar-refractivity contribution in [3.05, 3.63) is 28.8 Å². The molecule has 0 spiro atoms. The molecule has 0 atom stereocenters. The monoisotopic (exact) mass is 311 g/mol. The van der Waals surface area contributed by atoms with Crippen LogP contribution in [0.2, 0.25) is 5.02 Å². The molecule has 116 valence electrons. The fraction of sp³-hybridized carbons (Fsp3) is 0.500. The van der Waals surface area contributed by atoms with Crippen molar-refractivity contribution in [1.29, 1.82) is 0 Å². The van der Waals surface area contributed by atoms with E-state index in [9.17, 15) is 9.59 Å². The van der Waals surface area contributed by atoms with E-state index in [4.69, 9.17) is 16.3 Å². The van der Waals surface area contributed by atoms with E-state index in [0.29, 0.717) is 16.3 Å². The van der Waals surface area contributed by atoms with Crippen molar-refractivity contribution >= 4 is 29.2 Å². The van der Waals surface area contributed by atoms with Crippen LogP contribution in [0.4, 0.5) is 10.5 Å². The third-order valence-electron chi connectivity index (χ3n) is 2.71. The van der Waals surface area contributed by atoms with Crippen LogP contribution in [0.25, 0.3) is 0 Å². The molecule has 0 heterocycles. The largest absolute Gasteiger partial charge is 0.444 e. The number of carbonyl (C=O) groups excluding carboxylic acids is 2. The van der Waals surface area contributed by atoms with Gasteiger partial charge in [0.2, 0.25) is 0 Å². The number of carbonyl (C=O) groups is 2. The van der Waals surface area contributed by atoms with Crippen molar-refractivity contribution < 1.29 is 14.3 Å². The van der Waals surface area contributed by atoms with Crippen LogP contribution in [0.1, 0.15) is 40.2 Å². The first-order valence-corrected chi connectivity index (χ1v) is 7.27. The van der Waals surface area contributed by atoms with E-state index in [1.807, 2.05) is 13.8 Å². The summed E-state index contributed by atoms with van der Waals surface area (Å²) >= 11 is 5.97. The summed E-state index contributed by atoms with van der Waals surface area (Å²) in [5.74, 6) is 0.0165. The van der Waals surface area contributed by atoms with Gasteiger partial charge < -0.3 is 4.74 Å². The van der Waals surface area contributed by atoms with Gasteiger partial charge in [-0.2, -0.15) is 0 Å². The first-order chi connectivity index (χ1) is 9.58. The molecule has 1 amide bonds. The number of ether oxygens (including phenoxy) is 1. The van der Waals surface area contributed by atoms with Crippen molar-refractivity contribution in [2.24, 2.45) is 5.92 Å². The van der Waals surface area contributed by atoms with Gasteiger partial charge in [0.25, 0.3) is 0 Å². The Morgan fingerprint density at radius 3 is 2.43 bits per heavy atom. The van der Waals surface area contributed by atoms with Gasteiger partial charge in [-0.05, 0) is 44.5 Å². The minimum absolute atomic E-state index is 0.0710. The molecule has 1 N–H and O–H groups in total. The smallest absolute Gasteiger partial charge is 0.412 e. The third kappa shape index (κ3) is 6.17. The van der Waals surface area contributed by atoms with Gasteiger partial charge >= 0.3 is 6.09 Å². The summed E-state index contributed by atoms with van der Waals surface area (Å²) < 4.78 is 5.21. The van der Waals surface area contributed by atoms with Crippen LogP contribution in [0, 0.1) is 5.92 Å². The number of anilines is 1. The van der Waals surface area contributed by atoms with Crippen molar-refractivity contribution in [2.45, 2.75) is 46.6 Å². The Kier molecular flexibility index (Phi) is 5.78. The number of ketones is 1. The summed E-state index contributed by atoms with van der Waals surface area (Å²) in [5.41, 5.74) is 0.652. The molecular formula is C16H22ClNO3. The zero-order valence-electron chi connectivity index (χ0n) is 13.1. The summed E-state index contributed by atoms with van der Waals surface area (Å²) in [6.07, 6.45) is -0.327. The molecule has 0 unspecified atom stereocenters. The molecule has 4 nitrogen and oxygen atoms in total. The number of hydrogen-bond acceptors (Lipinski definition) is 3. The van der Waals surface area contributed by atoms with E-state index in [-0.39, 0.29) is 18.1 Å². The summed E-state index contributed by atoms with van der Waals surface area (Å²) in [4.78, 5) is 23.7. The molecule has 0 aliphatic heterocycles. The Bertz CT molecular complexity index is 533. The van der Waals surface area contributed by atoms with Gasteiger partial charge in [0.15, 0.2) is 0 Å². The minimum Gasteiger partial charge on any atom is -0.444 e. The van der Waals surface area contributed by atoms with Crippen LogP contribution in [0.15, 0.2) is 18.2 Å². The summed E-state index contributed by atoms with van der Waals surface area (Å²) in [6, 6.07) is 5.03. The topological polar surface area (TPSA) is 55.4 Å². The van der Waals surface area contributed by atoms with E-state index < -0.39 is 11.7 Å². The molecule has 0 aliphatic rings. The van der Waals surface area contributed by atoms with Gasteiger partial charge in [-0.1, -0.05) is 25.4 Å². The molecule has 5 heteroatoms. The van der Waals surface area contributed by atoms with E-state index >= 15 is 0 Å². The van der Waals surface area contributed by atoms with Crippen LogP contribution in [0.5, 0.6) is 0 Å². The molecular weight excluding hydrogens is 290 g/mol. The zero-order valence-corrected chi connectivity index (χ0v) is 13.9. The fourth-order valence-electron chi connectivity index (χ4n) is 1.64. The fourth-order valence-corrected chi connectivity index (χ4v) is 1.83. The molecule has 0 saturated heterocycles. The molecule has 1 aromatic carbocycles. The van der Waals surface area contributed by atoms with Gasteiger partial charge in [0.1, 0.15) is 11.4 Å². The lowest BCUT2D eigenvalue weighted by molar-refractivity contribution is -0.121. The second-order valence-corrected chi connectivity index (χ2v) is 6.66. The van der Waals surface area contributed by atoms with Gasteiger partial charge in [0.05, 0.1) is 0 Å². The third-order valence-corrected chi connectivity index (χ3v) is 2.95. The average Bonchev–Trinajstić information content (AvgIpc) is 2.30. The molecule has 0 aliphatic carbocycles. The molecule has 21 heavy (non-hydrogen) atoms. The summed E-state index contributed by atoms with van der Waals surface area (Å²) in [7, 11) is 0. The van der Waals surface area contributed by atoms with E-state index in [2.05, 4.69) is 5.32 Å². The molecule has 0 aromatic heterocycles. The number of hydrogen-bond donors (Lipinski definition) is 1. The van der Waals surface area contributed by atoms with Crippen molar-refractivity contribution in [3.63, 3.8) is 0 Å². The lowest BCUT2D eigenvalue weighted by atomic mass is 10.00. The van der Waals surface area contributed by atoms with Gasteiger partial charge in [-0.3, -0.25) is 10.1 Å². The maximum atomic E-state index is 11.9. The summed E-state index contributed by atoms with van der Waals surface area (Å²) in [6.45, 7) is 9.05. The Labute approximate surface area is 130 Å². The van der Waals surface area contributed by atoms with Crippen LogP contribution >= 0.6 is 11.6 Å². The van der Waals surface area contributed by atoms with Crippen LogP contribution in [0.3, 0.4) is 0 Å². The number of rotatable bonds is 4. The second-order valence-electron chi connectivity index (χ2n) is 6.23. The molecule has 1 aromatic rings. The highest BCUT2D eigenvalue weighted by atomic mass is 35.5. The van der Waals surface area contributed by atoms with Crippen LogP contribution < -0.4 is 5.32 Å². The minimum atomic E-state index is -0.579. The quantitative estimate of drug-likeness (QED) is 0.893. The lowest BCUT2D eigenvalue weighted by Gasteiger charge is -2.20. The number of halogens is 1. The number of benzene rings is 1. The van der Waals surface area contributed by atoms with Gasteiger partial charge in [0, 0.05) is 23.0 Å².